The summed E-state index contributed by atoms with van der Waals surface area (Å²) in [6.45, 7) is 5.03. The van der Waals surface area contributed by atoms with Gasteiger partial charge in [0.1, 0.15) is 13.2 Å². The van der Waals surface area contributed by atoms with Gasteiger partial charge in [0, 0.05) is 5.69 Å². The summed E-state index contributed by atoms with van der Waals surface area (Å²) in [5.74, 6) is -0.974. The number of amides is 1. The molecule has 0 saturated carbocycles. The first kappa shape index (κ1) is 24.7. The fourth-order valence-corrected chi connectivity index (χ4v) is 4.58. The normalized spacial score (nSPS) is 11.2. The van der Waals surface area contributed by atoms with Crippen LogP contribution in [0.2, 0.25) is 0 Å². The zero-order chi connectivity index (χ0) is 24.1. The number of carbonyl (C=O) groups excluding carboxylic acids is 1. The molecule has 0 aliphatic carbocycles. The molecule has 0 bridgehead atoms. The summed E-state index contributed by atoms with van der Waals surface area (Å²) >= 11 is 0. The second-order valence-electron chi connectivity index (χ2n) is 7.42. The van der Waals surface area contributed by atoms with Gasteiger partial charge in [0.05, 0.1) is 17.1 Å². The summed E-state index contributed by atoms with van der Waals surface area (Å²) in [4.78, 5) is 29.8. The summed E-state index contributed by atoms with van der Waals surface area (Å²) in [5, 5.41) is 5.88. The van der Waals surface area contributed by atoms with Crippen molar-refractivity contribution in [2.45, 2.75) is 43.0 Å². The van der Waals surface area contributed by atoms with E-state index in [2.05, 4.69) is 10.5 Å². The second-order valence-corrected chi connectivity index (χ2v) is 9.31. The van der Waals surface area contributed by atoms with E-state index in [4.69, 9.17) is 22.0 Å². The number of carbonyl (C=O) groups is 1. The van der Waals surface area contributed by atoms with Crippen molar-refractivity contribution in [1.29, 1.82) is 0 Å². The molecule has 0 aliphatic rings. The van der Waals surface area contributed by atoms with E-state index in [1.165, 1.54) is 18.2 Å². The number of nitrogen functional groups attached to an aromatic ring is 1. The largest absolute Gasteiger partial charge is 0.397 e. The minimum absolute atomic E-state index is 0.00427. The third kappa shape index (κ3) is 5.78. The Morgan fingerprint density at radius 3 is 2.53 bits per heavy atom. The monoisotopic (exact) mass is 464 g/mol. The number of benzene rings is 1. The lowest BCUT2D eigenvalue weighted by molar-refractivity contribution is -0.122. The number of nitrogens with zero attached hydrogens (tertiary/aromatic N) is 2. The molecule has 1 amide bonds. The average molecular weight is 465 g/mol. The van der Waals surface area contributed by atoms with Crippen LogP contribution in [0, 0.1) is 6.92 Å². The van der Waals surface area contributed by atoms with Gasteiger partial charge in [0.15, 0.2) is 4.90 Å². The Morgan fingerprint density at radius 2 is 1.94 bits per heavy atom. The maximum atomic E-state index is 13.3. The highest BCUT2D eigenvalue weighted by Crippen LogP contribution is 2.26. The maximum Gasteiger partial charge on any atom is 0.272 e. The van der Waals surface area contributed by atoms with E-state index in [9.17, 15) is 18.0 Å². The first-order chi connectivity index (χ1) is 14.9. The van der Waals surface area contributed by atoms with Crippen molar-refractivity contribution in [2.24, 2.45) is 16.6 Å². The smallest absolute Gasteiger partial charge is 0.272 e. The van der Waals surface area contributed by atoms with E-state index in [-0.39, 0.29) is 35.6 Å². The minimum atomic E-state index is -4.20. The molecule has 0 unspecified atom stereocenters. The molecule has 11 nitrogen and oxygen atoms in total. The maximum absolute atomic E-state index is 13.3. The molecule has 1 aromatic carbocycles. The predicted molar refractivity (Wildman–Crippen MR) is 121 cm³/mol. The summed E-state index contributed by atoms with van der Waals surface area (Å²) in [6.07, 6.45) is 0. The molecule has 0 radical (unpaired) electrons. The van der Waals surface area contributed by atoms with Gasteiger partial charge in [-0.1, -0.05) is 26.0 Å². The van der Waals surface area contributed by atoms with Crippen molar-refractivity contribution in [1.82, 2.24) is 9.88 Å². The van der Waals surface area contributed by atoms with Crippen LogP contribution in [0.25, 0.3) is 0 Å². The van der Waals surface area contributed by atoms with Gasteiger partial charge in [-0.3, -0.25) is 9.59 Å². The van der Waals surface area contributed by atoms with Crippen LogP contribution >= 0.6 is 0 Å². The van der Waals surface area contributed by atoms with E-state index in [1.54, 1.807) is 32.9 Å². The lowest BCUT2D eigenvalue weighted by Crippen LogP contribution is -2.37. The lowest BCUT2D eigenvalue weighted by Gasteiger charge is -2.19. The predicted octanol–water partition coefficient (Wildman–Crippen LogP) is 0.0163. The number of hydrogen-bond donors (Lipinski definition) is 4. The number of nitrogens with two attached hydrogens (primary N) is 3. The molecular weight excluding hydrogens is 436 g/mol. The molecule has 12 heteroatoms. The number of sulfone groups is 1. The van der Waals surface area contributed by atoms with Gasteiger partial charge in [-0.05, 0) is 41.8 Å². The Hall–Kier alpha value is -3.54. The van der Waals surface area contributed by atoms with Crippen LogP contribution in [-0.4, -0.2) is 38.0 Å². The first-order valence-electron chi connectivity index (χ1n) is 9.77. The number of nitrogens with one attached hydrogen (secondary N) is 1. The van der Waals surface area contributed by atoms with Gasteiger partial charge in [0.2, 0.25) is 21.7 Å². The Balaban J connectivity index is 2.42. The highest BCUT2D eigenvalue weighted by atomic mass is 32.2. The second kappa shape index (κ2) is 10.2. The molecule has 0 aliphatic heterocycles. The average Bonchev–Trinajstić information content (AvgIpc) is 2.69. The molecule has 2 rings (SSSR count). The van der Waals surface area contributed by atoms with E-state index in [1.807, 2.05) is 0 Å². The zero-order valence-corrected chi connectivity index (χ0v) is 19.0. The van der Waals surface area contributed by atoms with Crippen LogP contribution in [0.4, 0.5) is 5.69 Å². The van der Waals surface area contributed by atoms with Crippen molar-refractivity contribution in [3.8, 4) is 0 Å². The van der Waals surface area contributed by atoms with Crippen LogP contribution in [0.3, 0.4) is 0 Å². The molecule has 1 heterocycles. The number of pyridine rings is 1. The molecule has 0 spiro atoms. The van der Waals surface area contributed by atoms with Crippen LogP contribution in [0.1, 0.15) is 31.0 Å². The van der Waals surface area contributed by atoms with Crippen molar-refractivity contribution in [3.63, 3.8) is 0 Å². The Labute approximate surface area is 186 Å². The molecule has 0 saturated heterocycles. The van der Waals surface area contributed by atoms with Crippen molar-refractivity contribution in [2.75, 3.05) is 18.9 Å². The van der Waals surface area contributed by atoms with Crippen LogP contribution < -0.4 is 28.1 Å². The number of oxime groups is 1. The SMILES string of the molecule is Cc1cccc(S(=O)(=O)c2c(N)cc(C(C)C)n(CC(=O)NCCON=C(N)N)c2=O)c1. The van der Waals surface area contributed by atoms with Gasteiger partial charge in [-0.25, -0.2) is 8.42 Å². The highest BCUT2D eigenvalue weighted by Gasteiger charge is 2.28. The van der Waals surface area contributed by atoms with E-state index >= 15 is 0 Å². The first-order valence-corrected chi connectivity index (χ1v) is 11.3. The Morgan fingerprint density at radius 1 is 1.25 bits per heavy atom. The Kier molecular flexibility index (Phi) is 7.87. The number of guanidine groups is 1. The number of hydrogen-bond acceptors (Lipinski definition) is 7. The summed E-state index contributed by atoms with van der Waals surface area (Å²) in [5.41, 5.74) is 16.4. The topological polar surface area (TPSA) is 185 Å². The van der Waals surface area contributed by atoms with Crippen LogP contribution in [-0.2, 0) is 26.0 Å². The molecule has 7 N–H and O–H groups in total. The van der Waals surface area contributed by atoms with Gasteiger partial charge >= 0.3 is 0 Å². The van der Waals surface area contributed by atoms with Crippen molar-refractivity contribution < 1.29 is 18.0 Å². The number of aromatic nitrogens is 1. The molecule has 174 valence electrons. The highest BCUT2D eigenvalue weighted by molar-refractivity contribution is 7.91. The van der Waals surface area contributed by atoms with Crippen LogP contribution in [0.15, 0.2) is 50.1 Å². The summed E-state index contributed by atoms with van der Waals surface area (Å²) < 4.78 is 27.5. The standard InChI is InChI=1S/C20H28N6O5S/c1-12(2)16-10-15(21)18(32(29,30)14-6-4-5-13(3)9-14)19(28)26(16)11-17(27)24-7-8-31-25-20(22)23/h4-6,9-10,12H,7-8,11,21H2,1-3H3,(H,24,27)(H4,22,23,25). The molecule has 2 aromatic rings. The van der Waals surface area contributed by atoms with E-state index < -0.39 is 32.7 Å². The molecule has 32 heavy (non-hydrogen) atoms. The van der Waals surface area contributed by atoms with E-state index in [0.717, 1.165) is 4.57 Å². The third-order valence-electron chi connectivity index (χ3n) is 4.46. The van der Waals surface area contributed by atoms with Gasteiger partial charge in [-0.2, -0.15) is 0 Å². The van der Waals surface area contributed by atoms with Crippen molar-refractivity contribution in [3.05, 3.63) is 51.9 Å². The summed E-state index contributed by atoms with van der Waals surface area (Å²) in [7, 11) is -4.20. The fourth-order valence-electron chi connectivity index (χ4n) is 3.03. The molecular formula is C20H28N6O5S. The number of rotatable bonds is 9. The number of anilines is 1. The Bertz CT molecular complexity index is 1180. The molecule has 1 aromatic heterocycles. The van der Waals surface area contributed by atoms with Crippen LogP contribution in [0.5, 0.6) is 0 Å². The summed E-state index contributed by atoms with van der Waals surface area (Å²) in [6, 6.07) is 7.59. The molecule has 0 fully saturated rings. The van der Waals surface area contributed by atoms with Gasteiger partial charge in [-0.15, -0.1) is 0 Å². The third-order valence-corrected chi connectivity index (χ3v) is 6.29. The fraction of sp³-hybridized carbons (Fsp3) is 0.350. The minimum Gasteiger partial charge on any atom is -0.397 e. The lowest BCUT2D eigenvalue weighted by atomic mass is 10.1. The van der Waals surface area contributed by atoms with Gasteiger partial charge < -0.3 is 31.9 Å². The van der Waals surface area contributed by atoms with E-state index in [0.29, 0.717) is 11.3 Å². The zero-order valence-electron chi connectivity index (χ0n) is 18.2. The van der Waals surface area contributed by atoms with Gasteiger partial charge in [0.25, 0.3) is 5.56 Å². The number of aryl methyl sites for hydroxylation is 1. The van der Waals surface area contributed by atoms with Crippen molar-refractivity contribution >= 4 is 27.4 Å². The molecule has 0 atom stereocenters. The quantitative estimate of drug-likeness (QED) is 0.173.